The van der Waals surface area contributed by atoms with Gasteiger partial charge < -0.3 is 14.8 Å². The zero-order chi connectivity index (χ0) is 22.5. The van der Waals surface area contributed by atoms with Crippen LogP contribution < -0.4 is 14.8 Å². The Bertz CT molecular complexity index is 1220. The van der Waals surface area contributed by atoms with Gasteiger partial charge in [0.05, 0.1) is 26.0 Å². The summed E-state index contributed by atoms with van der Waals surface area (Å²) < 4.78 is 12.5. The Morgan fingerprint density at radius 3 is 2.78 bits per heavy atom. The highest BCUT2D eigenvalue weighted by molar-refractivity contribution is 7.98. The number of pyridine rings is 1. The molecule has 10 heteroatoms. The molecule has 0 saturated heterocycles. The van der Waals surface area contributed by atoms with Crippen molar-refractivity contribution in [1.29, 1.82) is 0 Å². The molecule has 32 heavy (non-hydrogen) atoms. The zero-order valence-corrected chi connectivity index (χ0v) is 18.8. The van der Waals surface area contributed by atoms with Crippen molar-refractivity contribution in [2.24, 2.45) is 0 Å². The summed E-state index contributed by atoms with van der Waals surface area (Å²) in [5.41, 5.74) is 2.53. The van der Waals surface area contributed by atoms with Crippen LogP contribution in [0.4, 0.5) is 0 Å². The van der Waals surface area contributed by atoms with Gasteiger partial charge in [0.15, 0.2) is 23.0 Å². The molecule has 0 spiro atoms. The summed E-state index contributed by atoms with van der Waals surface area (Å²) in [5.74, 6) is 2.52. The topological polar surface area (TPSA) is 106 Å². The molecule has 0 fully saturated rings. The number of carbonyl (C=O) groups is 1. The predicted molar refractivity (Wildman–Crippen MR) is 123 cm³/mol. The third-order valence-corrected chi connectivity index (χ3v) is 5.71. The van der Waals surface area contributed by atoms with Crippen molar-refractivity contribution in [3.05, 3.63) is 60.2 Å². The van der Waals surface area contributed by atoms with Gasteiger partial charge in [-0.1, -0.05) is 6.07 Å². The van der Waals surface area contributed by atoms with E-state index in [1.807, 2.05) is 47.2 Å². The van der Waals surface area contributed by atoms with Crippen molar-refractivity contribution in [2.75, 3.05) is 26.2 Å². The molecule has 9 nitrogen and oxygen atoms in total. The Labute approximate surface area is 189 Å². The Hall–Kier alpha value is -3.53. The lowest BCUT2D eigenvalue weighted by atomic mass is 10.1. The summed E-state index contributed by atoms with van der Waals surface area (Å²) in [6.45, 7) is 0. The molecular formula is C22H24N6O3S. The molecule has 0 aliphatic heterocycles. The molecule has 3 heterocycles. The molecule has 0 bridgehead atoms. The number of fused-ring (bicyclic) bond motifs is 1. The normalized spacial score (nSPS) is 12.0. The maximum Gasteiger partial charge on any atom is 0.269 e. The number of amides is 1. The van der Waals surface area contributed by atoms with E-state index in [0.29, 0.717) is 28.7 Å². The number of benzene rings is 1. The quantitative estimate of drug-likeness (QED) is 0.401. The van der Waals surface area contributed by atoms with Gasteiger partial charge in [0.1, 0.15) is 5.69 Å². The number of nitrogens with one attached hydrogen (secondary N) is 2. The molecule has 0 radical (unpaired) electrons. The van der Waals surface area contributed by atoms with Crippen molar-refractivity contribution in [3.63, 3.8) is 0 Å². The van der Waals surface area contributed by atoms with E-state index in [4.69, 9.17) is 9.47 Å². The molecule has 166 valence electrons. The second kappa shape index (κ2) is 9.73. The van der Waals surface area contributed by atoms with Gasteiger partial charge in [0, 0.05) is 11.8 Å². The van der Waals surface area contributed by atoms with Gasteiger partial charge in [-0.25, -0.2) is 0 Å². The van der Waals surface area contributed by atoms with Crippen LogP contribution in [0.15, 0.2) is 48.7 Å². The number of hydrogen-bond acceptors (Lipinski definition) is 7. The summed E-state index contributed by atoms with van der Waals surface area (Å²) in [5, 5.41) is 18.7. The summed E-state index contributed by atoms with van der Waals surface area (Å²) >= 11 is 1.71. The fourth-order valence-electron chi connectivity index (χ4n) is 3.42. The van der Waals surface area contributed by atoms with Crippen LogP contribution in [0, 0.1) is 0 Å². The Balaban J connectivity index is 1.56. The van der Waals surface area contributed by atoms with Crippen LogP contribution in [0.25, 0.3) is 16.9 Å². The minimum absolute atomic E-state index is 0.261. The lowest BCUT2D eigenvalue weighted by Crippen LogP contribution is -2.30. The number of rotatable bonds is 9. The van der Waals surface area contributed by atoms with Crippen LogP contribution in [-0.2, 0) is 0 Å². The van der Waals surface area contributed by atoms with Crippen LogP contribution in [0.1, 0.15) is 28.8 Å². The minimum atomic E-state index is -0.291. The zero-order valence-electron chi connectivity index (χ0n) is 18.0. The third-order valence-electron chi connectivity index (χ3n) is 5.07. The van der Waals surface area contributed by atoms with Crippen LogP contribution >= 0.6 is 11.8 Å². The lowest BCUT2D eigenvalue weighted by Gasteiger charge is -2.16. The van der Waals surface area contributed by atoms with E-state index in [0.717, 1.165) is 23.4 Å². The van der Waals surface area contributed by atoms with E-state index in [-0.39, 0.29) is 11.9 Å². The van der Waals surface area contributed by atoms with Crippen LogP contribution in [0.2, 0.25) is 0 Å². The molecule has 1 aromatic carbocycles. The average Bonchev–Trinajstić information content (AvgIpc) is 3.49. The standard InChI is InChI=1S/C22H24N6O3S/c1-30-18-8-7-14(12-19(18)31-2)16-13-17(25-24-16)22(29)23-15(9-11-32-3)21-27-26-20-6-4-5-10-28(20)21/h4-8,10,12-13,15H,9,11H2,1-3H3,(H,23,29)(H,24,25)/t15-/m1/s1. The minimum Gasteiger partial charge on any atom is -0.493 e. The molecule has 1 amide bonds. The average molecular weight is 453 g/mol. The van der Waals surface area contributed by atoms with Crippen molar-refractivity contribution in [2.45, 2.75) is 12.5 Å². The van der Waals surface area contributed by atoms with Gasteiger partial charge >= 0.3 is 0 Å². The maximum atomic E-state index is 13.0. The number of thioether (sulfide) groups is 1. The lowest BCUT2D eigenvalue weighted by molar-refractivity contribution is 0.0928. The molecule has 0 unspecified atom stereocenters. The molecule has 1 atom stereocenters. The van der Waals surface area contributed by atoms with Gasteiger partial charge in [0.2, 0.25) is 0 Å². The number of aromatic amines is 1. The monoisotopic (exact) mass is 452 g/mol. The van der Waals surface area contributed by atoms with Gasteiger partial charge in [-0.05, 0) is 54.8 Å². The first-order chi connectivity index (χ1) is 15.6. The first-order valence-electron chi connectivity index (χ1n) is 10.0. The smallest absolute Gasteiger partial charge is 0.269 e. The summed E-state index contributed by atoms with van der Waals surface area (Å²) in [6, 6.07) is 12.6. The SMILES string of the molecule is COc1ccc(-c2cc(C(=O)N[C@H](CCSC)c3nnc4ccccn34)[nH]n2)cc1OC. The fraction of sp³-hybridized carbons (Fsp3) is 0.273. The second-order valence-corrected chi connectivity index (χ2v) is 8.02. The van der Waals surface area contributed by atoms with E-state index in [9.17, 15) is 4.79 Å². The Kier molecular flexibility index (Phi) is 6.60. The van der Waals surface area contributed by atoms with Crippen molar-refractivity contribution >= 4 is 23.3 Å². The number of carbonyl (C=O) groups excluding carboxylic acids is 1. The number of nitrogens with zero attached hydrogens (tertiary/aromatic N) is 4. The first-order valence-corrected chi connectivity index (χ1v) is 11.4. The highest BCUT2D eigenvalue weighted by Gasteiger charge is 2.22. The molecule has 0 saturated carbocycles. The van der Waals surface area contributed by atoms with Gasteiger partial charge in [0.25, 0.3) is 5.91 Å². The molecule has 4 rings (SSSR count). The predicted octanol–water partition coefficient (Wildman–Crippen LogP) is 3.36. The number of ether oxygens (including phenoxy) is 2. The largest absolute Gasteiger partial charge is 0.493 e. The van der Waals surface area contributed by atoms with Crippen molar-refractivity contribution in [3.8, 4) is 22.8 Å². The van der Waals surface area contributed by atoms with Crippen molar-refractivity contribution < 1.29 is 14.3 Å². The van der Waals surface area contributed by atoms with Crippen LogP contribution in [0.5, 0.6) is 11.5 Å². The molecule has 2 N–H and O–H groups in total. The van der Waals surface area contributed by atoms with Gasteiger partial charge in [-0.3, -0.25) is 14.3 Å². The summed E-state index contributed by atoms with van der Waals surface area (Å²) in [6.07, 6.45) is 4.65. The molecule has 0 aliphatic rings. The van der Waals surface area contributed by atoms with Crippen molar-refractivity contribution in [1.82, 2.24) is 30.1 Å². The van der Waals surface area contributed by atoms with E-state index in [1.165, 1.54) is 0 Å². The fourth-order valence-corrected chi connectivity index (χ4v) is 3.89. The Morgan fingerprint density at radius 2 is 2.00 bits per heavy atom. The molecule has 3 aromatic heterocycles. The molecular weight excluding hydrogens is 428 g/mol. The second-order valence-electron chi connectivity index (χ2n) is 7.03. The molecule has 4 aromatic rings. The van der Waals surface area contributed by atoms with E-state index in [1.54, 1.807) is 38.1 Å². The molecule has 0 aliphatic carbocycles. The van der Waals surface area contributed by atoms with E-state index in [2.05, 4.69) is 25.7 Å². The van der Waals surface area contributed by atoms with Crippen LogP contribution in [0.3, 0.4) is 0 Å². The van der Waals surface area contributed by atoms with E-state index >= 15 is 0 Å². The first kappa shape index (κ1) is 21.7. The highest BCUT2D eigenvalue weighted by atomic mass is 32.2. The van der Waals surface area contributed by atoms with Crippen LogP contribution in [-0.4, -0.2) is 56.9 Å². The third kappa shape index (κ3) is 4.40. The number of aromatic nitrogens is 5. The summed E-state index contributed by atoms with van der Waals surface area (Å²) in [7, 11) is 3.16. The highest BCUT2D eigenvalue weighted by Crippen LogP contribution is 2.31. The number of H-pyrrole nitrogens is 1. The Morgan fingerprint density at radius 1 is 1.16 bits per heavy atom. The van der Waals surface area contributed by atoms with Gasteiger partial charge in [-0.15, -0.1) is 10.2 Å². The number of hydrogen-bond donors (Lipinski definition) is 2. The van der Waals surface area contributed by atoms with Gasteiger partial charge in [-0.2, -0.15) is 16.9 Å². The maximum absolute atomic E-state index is 13.0. The summed E-state index contributed by atoms with van der Waals surface area (Å²) in [4.78, 5) is 13.0. The van der Waals surface area contributed by atoms with E-state index < -0.39 is 0 Å². The number of methoxy groups -OCH3 is 2.